The van der Waals surface area contributed by atoms with Crippen LogP contribution in [-0.2, 0) is 9.53 Å². The van der Waals surface area contributed by atoms with Gasteiger partial charge in [-0.05, 0) is 6.92 Å². The molecule has 0 N–H and O–H groups in total. The first-order valence-electron chi connectivity index (χ1n) is 5.38. The molecule has 0 saturated carbocycles. The molecule has 6 nitrogen and oxygen atoms in total. The zero-order valence-electron chi connectivity index (χ0n) is 10.5. The van der Waals surface area contributed by atoms with Gasteiger partial charge < -0.3 is 9.64 Å². The summed E-state index contributed by atoms with van der Waals surface area (Å²) < 4.78 is 4.71. The molecular formula is C11H15N3O3S. The van der Waals surface area contributed by atoms with Gasteiger partial charge in [-0.2, -0.15) is 0 Å². The number of ether oxygens (including phenoxy) is 1. The summed E-state index contributed by atoms with van der Waals surface area (Å²) in [4.78, 5) is 33.1. The molecule has 0 aliphatic rings. The van der Waals surface area contributed by atoms with Crippen LogP contribution in [0.15, 0.2) is 11.2 Å². The van der Waals surface area contributed by atoms with E-state index in [0.29, 0.717) is 10.0 Å². The fraction of sp³-hybridized carbons (Fsp3) is 0.455. The predicted molar refractivity (Wildman–Crippen MR) is 69.5 cm³/mol. The molecule has 0 saturated heterocycles. The van der Waals surface area contributed by atoms with Crippen LogP contribution in [0.2, 0.25) is 0 Å². The Bertz CT molecular complexity index is 454. The molecule has 0 aromatic carbocycles. The highest BCUT2D eigenvalue weighted by molar-refractivity contribution is 7.17. The Kier molecular flexibility index (Phi) is 5.44. The summed E-state index contributed by atoms with van der Waals surface area (Å²) in [6.45, 7) is 1.97. The van der Waals surface area contributed by atoms with Crippen LogP contribution in [0.5, 0.6) is 0 Å². The second-order valence-corrected chi connectivity index (χ2v) is 4.63. The van der Waals surface area contributed by atoms with Crippen molar-refractivity contribution in [1.29, 1.82) is 0 Å². The third kappa shape index (κ3) is 4.62. The van der Waals surface area contributed by atoms with E-state index in [4.69, 9.17) is 4.74 Å². The third-order valence-electron chi connectivity index (χ3n) is 1.78. The lowest BCUT2D eigenvalue weighted by atomic mass is 10.2. The quantitative estimate of drug-likeness (QED) is 0.257. The van der Waals surface area contributed by atoms with Gasteiger partial charge in [0, 0.05) is 14.1 Å². The highest BCUT2D eigenvalue weighted by atomic mass is 32.1. The number of carbonyl (C=O) groups is 2. The molecule has 1 rings (SSSR count). The summed E-state index contributed by atoms with van der Waals surface area (Å²) in [7, 11) is 3.67. The standard InChI is InChI=1S/C11H15N3O3S/c1-4-17-10(16)5-8(15)9-6-12-11(18-9)13-7-14(2)3/h6-7H,4-5H2,1-3H3/b13-7+. The zero-order valence-corrected chi connectivity index (χ0v) is 11.4. The van der Waals surface area contributed by atoms with Crippen LogP contribution in [0.1, 0.15) is 23.0 Å². The fourth-order valence-electron chi connectivity index (χ4n) is 1.05. The van der Waals surface area contributed by atoms with E-state index in [0.717, 1.165) is 11.3 Å². The number of esters is 1. The van der Waals surface area contributed by atoms with Crippen LogP contribution in [0.3, 0.4) is 0 Å². The molecular weight excluding hydrogens is 254 g/mol. The Hall–Kier alpha value is -1.76. The van der Waals surface area contributed by atoms with Crippen molar-refractivity contribution < 1.29 is 14.3 Å². The number of hydrogen-bond donors (Lipinski definition) is 0. The SMILES string of the molecule is CCOC(=O)CC(=O)c1cnc(/N=C/N(C)C)s1. The number of thiazole rings is 1. The van der Waals surface area contributed by atoms with E-state index in [-0.39, 0.29) is 18.8 Å². The second kappa shape index (κ2) is 6.85. The van der Waals surface area contributed by atoms with Crippen LogP contribution in [-0.4, -0.2) is 48.7 Å². The monoisotopic (exact) mass is 269 g/mol. The molecule has 0 unspecified atom stereocenters. The first-order valence-corrected chi connectivity index (χ1v) is 6.19. The maximum absolute atomic E-state index is 11.7. The molecule has 0 amide bonds. The number of carbonyl (C=O) groups excluding carboxylic acids is 2. The molecule has 0 fully saturated rings. The largest absolute Gasteiger partial charge is 0.466 e. The minimum absolute atomic E-state index is 0.257. The summed E-state index contributed by atoms with van der Waals surface area (Å²) >= 11 is 1.15. The number of aromatic nitrogens is 1. The highest BCUT2D eigenvalue weighted by Gasteiger charge is 2.15. The van der Waals surface area contributed by atoms with Gasteiger partial charge in [-0.15, -0.1) is 0 Å². The average molecular weight is 269 g/mol. The minimum atomic E-state index is -0.519. The Morgan fingerprint density at radius 2 is 2.28 bits per heavy atom. The number of rotatable bonds is 6. The molecule has 1 heterocycles. The van der Waals surface area contributed by atoms with Gasteiger partial charge in [0.2, 0.25) is 5.13 Å². The molecule has 0 bridgehead atoms. The van der Waals surface area contributed by atoms with Gasteiger partial charge in [0.15, 0.2) is 5.78 Å². The normalized spacial score (nSPS) is 10.6. The molecule has 0 atom stereocenters. The summed E-state index contributed by atoms with van der Waals surface area (Å²) in [6.07, 6.45) is 2.76. The Labute approximate surface area is 109 Å². The van der Waals surface area contributed by atoms with Crippen LogP contribution < -0.4 is 0 Å². The molecule has 7 heteroatoms. The summed E-state index contributed by atoms with van der Waals surface area (Å²) in [6, 6.07) is 0. The first-order chi connectivity index (χ1) is 8.52. The van der Waals surface area contributed by atoms with Crippen LogP contribution in [0.25, 0.3) is 0 Å². The Morgan fingerprint density at radius 1 is 1.56 bits per heavy atom. The predicted octanol–water partition coefficient (Wildman–Crippen LogP) is 1.50. The van der Waals surface area contributed by atoms with Gasteiger partial charge in [0.1, 0.15) is 6.42 Å². The minimum Gasteiger partial charge on any atom is -0.466 e. The molecule has 0 aliphatic heterocycles. The van der Waals surface area contributed by atoms with Crippen molar-refractivity contribution in [3.63, 3.8) is 0 Å². The zero-order chi connectivity index (χ0) is 13.5. The molecule has 98 valence electrons. The topological polar surface area (TPSA) is 71.9 Å². The van der Waals surface area contributed by atoms with Gasteiger partial charge in [0.05, 0.1) is 24.0 Å². The summed E-state index contributed by atoms with van der Waals surface area (Å²) in [5.41, 5.74) is 0. The number of ketones is 1. The molecule has 1 aromatic heterocycles. The number of nitrogens with zero attached hydrogens (tertiary/aromatic N) is 3. The maximum atomic E-state index is 11.7. The van der Waals surface area contributed by atoms with Crippen LogP contribution in [0, 0.1) is 0 Å². The van der Waals surface area contributed by atoms with Crippen LogP contribution >= 0.6 is 11.3 Å². The summed E-state index contributed by atoms with van der Waals surface area (Å²) in [5, 5.41) is 0.482. The van der Waals surface area contributed by atoms with E-state index in [1.165, 1.54) is 6.20 Å². The van der Waals surface area contributed by atoms with Gasteiger partial charge in [0.25, 0.3) is 0 Å². The van der Waals surface area contributed by atoms with Crippen molar-refractivity contribution >= 4 is 34.6 Å². The number of aliphatic imine (C=N–C) groups is 1. The lowest BCUT2D eigenvalue weighted by Crippen LogP contribution is -2.10. The van der Waals surface area contributed by atoms with Crippen molar-refractivity contribution in [2.24, 2.45) is 4.99 Å². The lowest BCUT2D eigenvalue weighted by molar-refractivity contribution is -0.141. The van der Waals surface area contributed by atoms with Gasteiger partial charge >= 0.3 is 5.97 Å². The van der Waals surface area contributed by atoms with E-state index in [1.807, 2.05) is 14.1 Å². The molecule has 0 spiro atoms. The van der Waals surface area contributed by atoms with Crippen molar-refractivity contribution in [3.05, 3.63) is 11.1 Å². The van der Waals surface area contributed by atoms with Crippen molar-refractivity contribution in [1.82, 2.24) is 9.88 Å². The van der Waals surface area contributed by atoms with Gasteiger partial charge in [-0.25, -0.2) is 9.98 Å². The van der Waals surface area contributed by atoms with E-state index in [1.54, 1.807) is 18.2 Å². The number of Topliss-reactive ketones (excluding diaryl/α,β-unsaturated/α-hetero) is 1. The summed E-state index contributed by atoms with van der Waals surface area (Å²) in [5.74, 6) is -0.813. The average Bonchev–Trinajstić information content (AvgIpc) is 2.75. The molecule has 0 aliphatic carbocycles. The van der Waals surface area contributed by atoms with Crippen LogP contribution in [0.4, 0.5) is 5.13 Å². The van der Waals surface area contributed by atoms with Gasteiger partial charge in [-0.3, -0.25) is 9.59 Å². The van der Waals surface area contributed by atoms with E-state index < -0.39 is 5.97 Å². The van der Waals surface area contributed by atoms with E-state index in [9.17, 15) is 9.59 Å². The van der Waals surface area contributed by atoms with Crippen molar-refractivity contribution in [2.45, 2.75) is 13.3 Å². The van der Waals surface area contributed by atoms with Crippen molar-refractivity contribution in [3.8, 4) is 0 Å². The Balaban J connectivity index is 2.62. The maximum Gasteiger partial charge on any atom is 0.313 e. The number of hydrogen-bond acceptors (Lipinski definition) is 6. The van der Waals surface area contributed by atoms with Crippen molar-refractivity contribution in [2.75, 3.05) is 20.7 Å². The second-order valence-electron chi connectivity index (χ2n) is 3.62. The Morgan fingerprint density at radius 3 is 2.89 bits per heavy atom. The van der Waals surface area contributed by atoms with E-state index in [2.05, 4.69) is 9.98 Å². The lowest BCUT2D eigenvalue weighted by Gasteiger charge is -2.00. The third-order valence-corrected chi connectivity index (χ3v) is 2.72. The molecule has 1 aromatic rings. The molecule has 18 heavy (non-hydrogen) atoms. The smallest absolute Gasteiger partial charge is 0.313 e. The fourth-order valence-corrected chi connectivity index (χ4v) is 1.74. The van der Waals surface area contributed by atoms with E-state index >= 15 is 0 Å². The van der Waals surface area contributed by atoms with Gasteiger partial charge in [-0.1, -0.05) is 11.3 Å². The highest BCUT2D eigenvalue weighted by Crippen LogP contribution is 2.22. The first kappa shape index (κ1) is 14.3. The molecule has 0 radical (unpaired) electrons.